The van der Waals surface area contributed by atoms with Crippen LogP contribution in [0.1, 0.15) is 19.3 Å². The number of halogens is 2. The topological polar surface area (TPSA) is 67.4 Å². The molecule has 0 bridgehead atoms. The quantitative estimate of drug-likeness (QED) is 0.800. The van der Waals surface area contributed by atoms with Crippen LogP contribution < -0.4 is 14.8 Å². The molecule has 0 aromatic heterocycles. The predicted octanol–water partition coefficient (Wildman–Crippen LogP) is 1.96. The number of alkyl halides is 2. The van der Waals surface area contributed by atoms with Gasteiger partial charge in [-0.1, -0.05) is 12.1 Å². The van der Waals surface area contributed by atoms with Gasteiger partial charge in [0.1, 0.15) is 10.6 Å². The van der Waals surface area contributed by atoms with Crippen LogP contribution in [0.2, 0.25) is 0 Å². The van der Waals surface area contributed by atoms with E-state index in [-0.39, 0.29) is 17.2 Å². The van der Waals surface area contributed by atoms with Gasteiger partial charge in [0.05, 0.1) is 0 Å². The van der Waals surface area contributed by atoms with Gasteiger partial charge in [-0.2, -0.15) is 8.78 Å². The molecule has 2 N–H and O–H groups in total. The highest BCUT2D eigenvalue weighted by Crippen LogP contribution is 2.25. The number of para-hydroxylation sites is 1. The fourth-order valence-electron chi connectivity index (χ4n) is 2.51. The van der Waals surface area contributed by atoms with Crippen LogP contribution in [0.3, 0.4) is 0 Å². The standard InChI is InChI=1S/C14H20F2N2O3S/c15-14(16)21-12-5-1-2-6-13(12)22(19,20)18-9-7-11-4-3-8-17-10-11/h1-2,5-6,11,14,17-18H,3-4,7-10H2. The average Bonchev–Trinajstić information content (AvgIpc) is 2.48. The number of hydrogen-bond donors (Lipinski definition) is 2. The molecule has 0 aliphatic carbocycles. The zero-order valence-corrected chi connectivity index (χ0v) is 12.9. The second kappa shape index (κ2) is 7.85. The molecule has 1 heterocycles. The fourth-order valence-corrected chi connectivity index (χ4v) is 3.69. The highest BCUT2D eigenvalue weighted by Gasteiger charge is 2.21. The van der Waals surface area contributed by atoms with Crippen molar-refractivity contribution in [3.05, 3.63) is 24.3 Å². The Morgan fingerprint density at radius 1 is 1.36 bits per heavy atom. The zero-order valence-electron chi connectivity index (χ0n) is 12.1. The molecule has 22 heavy (non-hydrogen) atoms. The van der Waals surface area contributed by atoms with Crippen molar-refractivity contribution in [1.82, 2.24) is 10.0 Å². The first-order valence-electron chi connectivity index (χ1n) is 7.23. The number of ether oxygens (including phenoxy) is 1. The number of benzene rings is 1. The van der Waals surface area contributed by atoms with E-state index in [1.165, 1.54) is 24.3 Å². The van der Waals surface area contributed by atoms with Gasteiger partial charge in [-0.3, -0.25) is 0 Å². The molecule has 0 amide bonds. The third kappa shape index (κ3) is 4.89. The minimum absolute atomic E-state index is 0.267. The van der Waals surface area contributed by atoms with Crippen molar-refractivity contribution in [1.29, 1.82) is 0 Å². The molecular weight excluding hydrogens is 314 g/mol. The molecular formula is C14H20F2N2O3S. The summed E-state index contributed by atoms with van der Waals surface area (Å²) < 4.78 is 55.8. The maximum atomic E-state index is 12.3. The molecule has 124 valence electrons. The zero-order chi connectivity index (χ0) is 16.0. The second-order valence-electron chi connectivity index (χ2n) is 5.22. The van der Waals surface area contributed by atoms with E-state index in [1.807, 2.05) is 0 Å². The van der Waals surface area contributed by atoms with Gasteiger partial charge in [0, 0.05) is 6.54 Å². The smallest absolute Gasteiger partial charge is 0.387 e. The van der Waals surface area contributed by atoms with Crippen LogP contribution in [-0.4, -0.2) is 34.7 Å². The third-order valence-electron chi connectivity index (χ3n) is 3.60. The number of sulfonamides is 1. The first kappa shape index (κ1) is 17.1. The van der Waals surface area contributed by atoms with E-state index in [0.29, 0.717) is 12.3 Å². The molecule has 1 aromatic rings. The van der Waals surface area contributed by atoms with Gasteiger partial charge in [-0.25, -0.2) is 13.1 Å². The summed E-state index contributed by atoms with van der Waals surface area (Å²) in [6.07, 6.45) is 2.87. The van der Waals surface area contributed by atoms with Gasteiger partial charge in [0.15, 0.2) is 0 Å². The number of piperidine rings is 1. The fraction of sp³-hybridized carbons (Fsp3) is 0.571. The number of rotatable bonds is 7. The normalized spacial score (nSPS) is 19.3. The summed E-state index contributed by atoms with van der Waals surface area (Å²) in [7, 11) is -3.87. The summed E-state index contributed by atoms with van der Waals surface area (Å²) in [5, 5.41) is 3.26. The number of nitrogens with one attached hydrogen (secondary N) is 2. The summed E-state index contributed by atoms with van der Waals surface area (Å²) in [6, 6.07) is 5.39. The maximum Gasteiger partial charge on any atom is 0.387 e. The van der Waals surface area contributed by atoms with Gasteiger partial charge in [-0.05, 0) is 50.4 Å². The van der Waals surface area contributed by atoms with E-state index >= 15 is 0 Å². The van der Waals surface area contributed by atoms with Crippen molar-refractivity contribution < 1.29 is 21.9 Å². The highest BCUT2D eigenvalue weighted by molar-refractivity contribution is 7.89. The van der Waals surface area contributed by atoms with E-state index in [1.54, 1.807) is 0 Å². The molecule has 0 spiro atoms. The van der Waals surface area contributed by atoms with Crippen LogP contribution in [0.25, 0.3) is 0 Å². The molecule has 1 fully saturated rings. The lowest BCUT2D eigenvalue weighted by Gasteiger charge is -2.22. The summed E-state index contributed by atoms with van der Waals surface area (Å²) in [6.45, 7) is -0.907. The highest BCUT2D eigenvalue weighted by atomic mass is 32.2. The summed E-state index contributed by atoms with van der Waals surface area (Å²) in [5.41, 5.74) is 0. The Balaban J connectivity index is 1.97. The van der Waals surface area contributed by atoms with E-state index < -0.39 is 16.6 Å². The van der Waals surface area contributed by atoms with Crippen LogP contribution in [-0.2, 0) is 10.0 Å². The van der Waals surface area contributed by atoms with Gasteiger partial charge in [0.25, 0.3) is 0 Å². The van der Waals surface area contributed by atoms with Gasteiger partial charge in [0.2, 0.25) is 10.0 Å². The SMILES string of the molecule is O=S(=O)(NCCC1CCCNC1)c1ccccc1OC(F)F. The molecule has 2 rings (SSSR count). The predicted molar refractivity (Wildman–Crippen MR) is 78.5 cm³/mol. The van der Waals surface area contributed by atoms with Crippen LogP contribution in [0.15, 0.2) is 29.2 Å². The Kier molecular flexibility index (Phi) is 6.10. The minimum Gasteiger partial charge on any atom is -0.433 e. The molecule has 1 aliphatic rings. The summed E-state index contributed by atoms with van der Waals surface area (Å²) in [5.74, 6) is 0.0911. The van der Waals surface area contributed by atoms with Crippen molar-refractivity contribution in [2.75, 3.05) is 19.6 Å². The lowest BCUT2D eigenvalue weighted by Crippen LogP contribution is -2.33. The lowest BCUT2D eigenvalue weighted by molar-refractivity contribution is -0.0517. The Morgan fingerprint density at radius 2 is 2.14 bits per heavy atom. The van der Waals surface area contributed by atoms with E-state index in [4.69, 9.17) is 0 Å². The maximum absolute atomic E-state index is 12.3. The van der Waals surface area contributed by atoms with Gasteiger partial charge < -0.3 is 10.1 Å². The molecule has 0 radical (unpaired) electrons. The van der Waals surface area contributed by atoms with Crippen LogP contribution in [0.4, 0.5) is 8.78 Å². The molecule has 1 aromatic carbocycles. The Morgan fingerprint density at radius 3 is 2.82 bits per heavy atom. The van der Waals surface area contributed by atoms with E-state index in [9.17, 15) is 17.2 Å². The minimum atomic E-state index is -3.87. The van der Waals surface area contributed by atoms with Crippen molar-refractivity contribution in [3.63, 3.8) is 0 Å². The Labute approximate surface area is 129 Å². The van der Waals surface area contributed by atoms with E-state index in [2.05, 4.69) is 14.8 Å². The molecule has 1 unspecified atom stereocenters. The van der Waals surface area contributed by atoms with Crippen LogP contribution >= 0.6 is 0 Å². The van der Waals surface area contributed by atoms with Crippen LogP contribution in [0.5, 0.6) is 5.75 Å². The van der Waals surface area contributed by atoms with Crippen molar-refractivity contribution >= 4 is 10.0 Å². The second-order valence-corrected chi connectivity index (χ2v) is 6.96. The third-order valence-corrected chi connectivity index (χ3v) is 5.10. The molecule has 0 saturated carbocycles. The Bertz CT molecular complexity index is 575. The first-order chi connectivity index (χ1) is 10.5. The molecule has 8 heteroatoms. The monoisotopic (exact) mass is 334 g/mol. The molecule has 1 aliphatic heterocycles. The van der Waals surface area contributed by atoms with Crippen molar-refractivity contribution in [2.24, 2.45) is 5.92 Å². The summed E-state index contributed by atoms with van der Waals surface area (Å²) in [4.78, 5) is -0.267. The van der Waals surface area contributed by atoms with E-state index in [0.717, 1.165) is 25.9 Å². The van der Waals surface area contributed by atoms with Gasteiger partial charge in [-0.15, -0.1) is 0 Å². The van der Waals surface area contributed by atoms with Gasteiger partial charge >= 0.3 is 6.61 Å². The molecule has 1 saturated heterocycles. The number of hydrogen-bond acceptors (Lipinski definition) is 4. The summed E-state index contributed by atoms with van der Waals surface area (Å²) >= 11 is 0. The Hall–Kier alpha value is -1.25. The van der Waals surface area contributed by atoms with Crippen LogP contribution in [0, 0.1) is 5.92 Å². The average molecular weight is 334 g/mol. The molecule has 1 atom stereocenters. The molecule has 5 nitrogen and oxygen atoms in total. The largest absolute Gasteiger partial charge is 0.433 e. The lowest BCUT2D eigenvalue weighted by atomic mass is 9.96. The van der Waals surface area contributed by atoms with Crippen molar-refractivity contribution in [2.45, 2.75) is 30.8 Å². The first-order valence-corrected chi connectivity index (χ1v) is 8.71. The van der Waals surface area contributed by atoms with Crippen molar-refractivity contribution in [3.8, 4) is 5.75 Å².